The maximum absolute atomic E-state index is 11.9. The summed E-state index contributed by atoms with van der Waals surface area (Å²) in [6, 6.07) is 13.4. The third kappa shape index (κ3) is 8.61. The summed E-state index contributed by atoms with van der Waals surface area (Å²) in [7, 11) is 0. The molecule has 0 atom stereocenters. The zero-order valence-electron chi connectivity index (χ0n) is 18.4. The van der Waals surface area contributed by atoms with Crippen molar-refractivity contribution in [2.75, 3.05) is 11.9 Å². The number of pyridine rings is 1. The molecule has 2 rings (SSSR count). The predicted molar refractivity (Wildman–Crippen MR) is 119 cm³/mol. The highest BCUT2D eigenvalue weighted by Crippen LogP contribution is 2.20. The fourth-order valence-corrected chi connectivity index (χ4v) is 2.70. The van der Waals surface area contributed by atoms with Crippen molar-refractivity contribution in [2.45, 2.75) is 59.2 Å². The number of ether oxygens (including phenoxy) is 1. The Hall–Kier alpha value is -2.93. The lowest BCUT2D eigenvalue weighted by Gasteiger charge is -2.19. The van der Waals surface area contributed by atoms with E-state index in [9.17, 15) is 9.59 Å². The Morgan fingerprint density at radius 1 is 1.07 bits per heavy atom. The second-order valence-corrected chi connectivity index (χ2v) is 8.37. The zero-order chi connectivity index (χ0) is 22.1. The van der Waals surface area contributed by atoms with Gasteiger partial charge >= 0.3 is 6.09 Å². The molecule has 0 fully saturated rings. The van der Waals surface area contributed by atoms with Crippen molar-refractivity contribution >= 4 is 17.7 Å². The smallest absolute Gasteiger partial charge is 0.412 e. The molecule has 30 heavy (non-hydrogen) atoms. The van der Waals surface area contributed by atoms with Crippen LogP contribution < -0.4 is 16.0 Å². The first-order valence-corrected chi connectivity index (χ1v) is 10.2. The number of amides is 2. The highest BCUT2D eigenvalue weighted by atomic mass is 16.6. The molecule has 0 saturated heterocycles. The number of carbonyl (C=O) groups excluding carboxylic acids is 2. The normalized spacial score (nSPS) is 11.3. The van der Waals surface area contributed by atoms with Crippen LogP contribution in [0.4, 0.5) is 10.5 Å². The van der Waals surface area contributed by atoms with Gasteiger partial charge in [0.25, 0.3) is 0 Å². The number of nitrogens with zero attached hydrogens (tertiary/aromatic N) is 1. The Kier molecular flexibility index (Phi) is 8.35. The van der Waals surface area contributed by atoms with Crippen LogP contribution in [-0.2, 0) is 16.1 Å². The first-order valence-electron chi connectivity index (χ1n) is 10.2. The van der Waals surface area contributed by atoms with Gasteiger partial charge in [-0.2, -0.15) is 0 Å². The standard InChI is InChI=1S/C23H32N4O3/c1-16(2)25-21(28)13-14-24-15-19-7-6-8-20(26-19)17-9-11-18(12-10-17)27-22(29)30-23(3,4)5/h6-12,16,24H,13-15H2,1-5H3,(H,25,28)(H,27,29). The summed E-state index contributed by atoms with van der Waals surface area (Å²) in [5, 5.41) is 8.84. The number of carbonyl (C=O) groups is 2. The molecule has 7 heteroatoms. The van der Waals surface area contributed by atoms with Gasteiger partial charge in [-0.25, -0.2) is 4.79 Å². The Bertz CT molecular complexity index is 842. The number of hydrogen-bond donors (Lipinski definition) is 3. The Morgan fingerprint density at radius 2 is 1.77 bits per heavy atom. The van der Waals surface area contributed by atoms with Gasteiger partial charge in [-0.05, 0) is 58.9 Å². The minimum Gasteiger partial charge on any atom is -0.444 e. The van der Waals surface area contributed by atoms with Gasteiger partial charge in [0.15, 0.2) is 0 Å². The molecular weight excluding hydrogens is 380 g/mol. The number of benzene rings is 1. The lowest BCUT2D eigenvalue weighted by molar-refractivity contribution is -0.121. The third-order valence-electron chi connectivity index (χ3n) is 3.92. The molecule has 2 aromatic rings. The van der Waals surface area contributed by atoms with E-state index in [1.807, 2.05) is 77.1 Å². The molecule has 1 aromatic heterocycles. The van der Waals surface area contributed by atoms with E-state index in [4.69, 9.17) is 4.74 Å². The lowest BCUT2D eigenvalue weighted by atomic mass is 10.1. The highest BCUT2D eigenvalue weighted by molar-refractivity contribution is 5.85. The summed E-state index contributed by atoms with van der Waals surface area (Å²) in [5.41, 5.74) is 2.80. The summed E-state index contributed by atoms with van der Waals surface area (Å²) in [5.74, 6) is 0.0410. The molecule has 2 amide bonds. The molecule has 0 aliphatic heterocycles. The van der Waals surface area contributed by atoms with Gasteiger partial charge in [0, 0.05) is 36.8 Å². The molecule has 0 saturated carbocycles. The van der Waals surface area contributed by atoms with Crippen molar-refractivity contribution in [3.8, 4) is 11.3 Å². The zero-order valence-corrected chi connectivity index (χ0v) is 18.4. The summed E-state index contributed by atoms with van der Waals surface area (Å²) in [6.07, 6.45) is -0.0483. The molecular formula is C23H32N4O3. The second-order valence-electron chi connectivity index (χ2n) is 8.37. The van der Waals surface area contributed by atoms with Crippen LogP contribution in [0.2, 0.25) is 0 Å². The van der Waals surface area contributed by atoms with E-state index >= 15 is 0 Å². The molecule has 0 bridgehead atoms. The minimum atomic E-state index is -0.541. The number of hydrogen-bond acceptors (Lipinski definition) is 5. The molecule has 1 heterocycles. The van der Waals surface area contributed by atoms with E-state index in [2.05, 4.69) is 20.9 Å². The summed E-state index contributed by atoms with van der Waals surface area (Å²) in [6.45, 7) is 10.5. The number of nitrogens with one attached hydrogen (secondary N) is 3. The molecule has 162 valence electrons. The average molecular weight is 413 g/mol. The monoisotopic (exact) mass is 412 g/mol. The van der Waals surface area contributed by atoms with E-state index in [0.717, 1.165) is 17.0 Å². The fraction of sp³-hybridized carbons (Fsp3) is 0.435. The van der Waals surface area contributed by atoms with Gasteiger partial charge in [-0.3, -0.25) is 15.1 Å². The minimum absolute atomic E-state index is 0.0410. The molecule has 3 N–H and O–H groups in total. The van der Waals surface area contributed by atoms with Crippen LogP contribution in [0.25, 0.3) is 11.3 Å². The Balaban J connectivity index is 1.89. The number of aromatic nitrogens is 1. The van der Waals surface area contributed by atoms with Gasteiger partial charge in [0.05, 0.1) is 11.4 Å². The fourth-order valence-electron chi connectivity index (χ4n) is 2.70. The van der Waals surface area contributed by atoms with Crippen LogP contribution in [0, 0.1) is 0 Å². The highest BCUT2D eigenvalue weighted by Gasteiger charge is 2.16. The Morgan fingerprint density at radius 3 is 2.40 bits per heavy atom. The van der Waals surface area contributed by atoms with E-state index in [0.29, 0.717) is 25.2 Å². The molecule has 0 aliphatic rings. The van der Waals surface area contributed by atoms with Crippen LogP contribution in [0.1, 0.15) is 46.7 Å². The Labute approximate surface area is 178 Å². The van der Waals surface area contributed by atoms with Crippen molar-refractivity contribution in [2.24, 2.45) is 0 Å². The first kappa shape index (κ1) is 23.3. The number of anilines is 1. The largest absolute Gasteiger partial charge is 0.444 e. The van der Waals surface area contributed by atoms with Crippen LogP contribution in [0.15, 0.2) is 42.5 Å². The summed E-state index contributed by atoms with van der Waals surface area (Å²) in [4.78, 5) is 28.2. The molecule has 7 nitrogen and oxygen atoms in total. The van der Waals surface area contributed by atoms with Gasteiger partial charge in [-0.15, -0.1) is 0 Å². The maximum atomic E-state index is 11.9. The van der Waals surface area contributed by atoms with Crippen molar-refractivity contribution in [1.82, 2.24) is 15.6 Å². The molecule has 1 aromatic carbocycles. The summed E-state index contributed by atoms with van der Waals surface area (Å²) >= 11 is 0. The predicted octanol–water partition coefficient (Wildman–Crippen LogP) is 4.10. The SMILES string of the molecule is CC(C)NC(=O)CCNCc1cccc(-c2ccc(NC(=O)OC(C)(C)C)cc2)n1. The van der Waals surface area contributed by atoms with E-state index in [1.54, 1.807) is 0 Å². The van der Waals surface area contributed by atoms with E-state index in [1.165, 1.54) is 0 Å². The van der Waals surface area contributed by atoms with Crippen molar-refractivity contribution < 1.29 is 14.3 Å². The quantitative estimate of drug-likeness (QED) is 0.568. The molecule has 0 radical (unpaired) electrons. The van der Waals surface area contributed by atoms with Gasteiger partial charge in [0.1, 0.15) is 5.60 Å². The summed E-state index contributed by atoms with van der Waals surface area (Å²) < 4.78 is 5.26. The van der Waals surface area contributed by atoms with E-state index < -0.39 is 11.7 Å². The van der Waals surface area contributed by atoms with Crippen LogP contribution >= 0.6 is 0 Å². The van der Waals surface area contributed by atoms with Gasteiger partial charge in [0.2, 0.25) is 5.91 Å². The average Bonchev–Trinajstić information content (AvgIpc) is 2.64. The maximum Gasteiger partial charge on any atom is 0.412 e. The van der Waals surface area contributed by atoms with Crippen LogP contribution in [0.5, 0.6) is 0 Å². The third-order valence-corrected chi connectivity index (χ3v) is 3.92. The molecule has 0 spiro atoms. The van der Waals surface area contributed by atoms with E-state index in [-0.39, 0.29) is 11.9 Å². The van der Waals surface area contributed by atoms with Crippen molar-refractivity contribution in [3.05, 3.63) is 48.2 Å². The van der Waals surface area contributed by atoms with Crippen LogP contribution in [-0.4, -0.2) is 35.2 Å². The van der Waals surface area contributed by atoms with Gasteiger partial charge in [-0.1, -0.05) is 18.2 Å². The topological polar surface area (TPSA) is 92.4 Å². The molecule has 0 unspecified atom stereocenters. The second kappa shape index (κ2) is 10.7. The van der Waals surface area contributed by atoms with Crippen LogP contribution in [0.3, 0.4) is 0 Å². The van der Waals surface area contributed by atoms with Crippen molar-refractivity contribution in [1.29, 1.82) is 0 Å². The molecule has 0 aliphatic carbocycles. The lowest BCUT2D eigenvalue weighted by Crippen LogP contribution is -2.32. The number of rotatable bonds is 8. The first-order chi connectivity index (χ1) is 14.1. The van der Waals surface area contributed by atoms with Gasteiger partial charge < -0.3 is 15.4 Å². The van der Waals surface area contributed by atoms with Crippen molar-refractivity contribution in [3.63, 3.8) is 0 Å².